The van der Waals surface area contributed by atoms with Crippen molar-refractivity contribution in [2.45, 2.75) is 12.2 Å². The van der Waals surface area contributed by atoms with Crippen molar-refractivity contribution in [3.8, 4) is 0 Å². The second kappa shape index (κ2) is 8.23. The first-order valence-corrected chi connectivity index (χ1v) is 7.52. The van der Waals surface area contributed by atoms with Gasteiger partial charge in [-0.3, -0.25) is 4.79 Å². The van der Waals surface area contributed by atoms with Gasteiger partial charge in [0.05, 0.1) is 0 Å². The fourth-order valence-corrected chi connectivity index (χ4v) is 2.65. The number of benzene rings is 2. The summed E-state index contributed by atoms with van der Waals surface area (Å²) in [6, 6.07) is 20.4. The molecule has 0 atom stereocenters. The maximum absolute atomic E-state index is 10.7. The van der Waals surface area contributed by atoms with Crippen LogP contribution in [0, 0.1) is 0 Å². The predicted molar refractivity (Wildman–Crippen MR) is 85.2 cm³/mol. The third-order valence-corrected chi connectivity index (χ3v) is 3.75. The van der Waals surface area contributed by atoms with Gasteiger partial charge < -0.3 is 5.32 Å². The zero-order chi connectivity index (χ0) is 14.0. The first-order valence-electron chi connectivity index (χ1n) is 6.47. The van der Waals surface area contributed by atoms with Crippen molar-refractivity contribution >= 4 is 18.2 Å². The molecule has 2 nitrogen and oxygen atoms in total. The Morgan fingerprint density at radius 3 is 2.15 bits per heavy atom. The third-order valence-electron chi connectivity index (χ3n) is 2.80. The van der Waals surface area contributed by atoms with Gasteiger partial charge in [-0.2, -0.15) is 0 Å². The van der Waals surface area contributed by atoms with Gasteiger partial charge in [0.15, 0.2) is 0 Å². The van der Waals surface area contributed by atoms with E-state index in [-0.39, 0.29) is 0 Å². The highest BCUT2D eigenvalue weighted by Crippen LogP contribution is 2.16. The molecule has 2 rings (SSSR count). The number of hydrogen-bond donors (Lipinski definition) is 1. The molecule has 0 unspecified atom stereocenters. The Hall–Kier alpha value is -2.00. The Labute approximate surface area is 123 Å². The van der Waals surface area contributed by atoms with Gasteiger partial charge in [0.1, 0.15) is 0 Å². The van der Waals surface area contributed by atoms with Gasteiger partial charge in [-0.1, -0.05) is 60.7 Å². The monoisotopic (exact) mass is 283 g/mol. The van der Waals surface area contributed by atoms with Crippen LogP contribution in [0.25, 0.3) is 0 Å². The topological polar surface area (TPSA) is 29.1 Å². The summed E-state index contributed by atoms with van der Waals surface area (Å²) >= 11 is 1.69. The van der Waals surface area contributed by atoms with Gasteiger partial charge in [-0.15, -0.1) is 11.8 Å². The summed E-state index contributed by atoms with van der Waals surface area (Å²) in [4.78, 5) is 10.7. The van der Waals surface area contributed by atoms with Crippen LogP contribution in [0.15, 0.2) is 71.8 Å². The average Bonchev–Trinajstić information content (AvgIpc) is 2.49. The number of allylic oxidation sites excluding steroid dienone is 1. The van der Waals surface area contributed by atoms with E-state index in [0.29, 0.717) is 0 Å². The van der Waals surface area contributed by atoms with Crippen LogP contribution < -0.4 is 5.32 Å². The van der Waals surface area contributed by atoms with Crippen molar-refractivity contribution in [3.63, 3.8) is 0 Å². The smallest absolute Gasteiger partial charge is 0.211 e. The van der Waals surface area contributed by atoms with E-state index in [0.717, 1.165) is 24.3 Å². The van der Waals surface area contributed by atoms with Crippen LogP contribution in [-0.2, 0) is 17.0 Å². The van der Waals surface area contributed by atoms with Crippen LogP contribution in [0.2, 0.25) is 0 Å². The fraction of sp³-hybridized carbons (Fsp3) is 0.118. The Balaban J connectivity index is 1.94. The first kappa shape index (κ1) is 14.4. The maximum Gasteiger partial charge on any atom is 0.211 e. The van der Waals surface area contributed by atoms with Crippen LogP contribution in [0.4, 0.5) is 0 Å². The second-order valence-electron chi connectivity index (χ2n) is 4.36. The van der Waals surface area contributed by atoms with Crippen LogP contribution in [0.1, 0.15) is 11.1 Å². The highest BCUT2D eigenvalue weighted by atomic mass is 32.2. The number of amides is 1. The lowest BCUT2D eigenvalue weighted by atomic mass is 10.1. The molecule has 0 aliphatic rings. The quantitative estimate of drug-likeness (QED) is 0.784. The van der Waals surface area contributed by atoms with Crippen molar-refractivity contribution in [1.29, 1.82) is 0 Å². The van der Waals surface area contributed by atoms with E-state index in [1.54, 1.807) is 11.8 Å². The zero-order valence-electron chi connectivity index (χ0n) is 11.2. The van der Waals surface area contributed by atoms with Crippen molar-refractivity contribution in [2.75, 3.05) is 0 Å². The standard InChI is InChI=1S/C17H17NOS/c19-14-18-17(11-15-7-3-1-4-8-15)13-20-12-16-9-5-2-6-10-16/h1-10,13-14H,11-12H2,(H,18,19)/b17-13+. The normalized spacial score (nSPS) is 11.1. The predicted octanol–water partition coefficient (Wildman–Crippen LogP) is 3.75. The molecule has 0 radical (unpaired) electrons. The van der Waals surface area contributed by atoms with Crippen LogP contribution in [-0.4, -0.2) is 6.41 Å². The molecular formula is C17H17NOS. The SMILES string of the molecule is O=CN/C(=C/SCc1ccccc1)Cc1ccccc1. The summed E-state index contributed by atoms with van der Waals surface area (Å²) in [5, 5.41) is 4.80. The van der Waals surface area contributed by atoms with Crippen LogP contribution in [0.5, 0.6) is 0 Å². The number of carbonyl (C=O) groups excluding carboxylic acids is 1. The van der Waals surface area contributed by atoms with Gasteiger partial charge in [-0.25, -0.2) is 0 Å². The third kappa shape index (κ3) is 4.94. The summed E-state index contributed by atoms with van der Waals surface area (Å²) < 4.78 is 0. The second-order valence-corrected chi connectivity index (χ2v) is 5.22. The van der Waals surface area contributed by atoms with E-state index in [9.17, 15) is 4.79 Å². The van der Waals surface area contributed by atoms with E-state index in [2.05, 4.69) is 29.6 Å². The Kier molecular flexibility index (Phi) is 5.93. The number of thioether (sulfide) groups is 1. The first-order chi connectivity index (χ1) is 9.88. The number of carbonyl (C=O) groups is 1. The summed E-state index contributed by atoms with van der Waals surface area (Å²) in [5.74, 6) is 0.902. The van der Waals surface area contributed by atoms with E-state index in [4.69, 9.17) is 0 Å². The van der Waals surface area contributed by atoms with Crippen molar-refractivity contribution < 1.29 is 4.79 Å². The fourth-order valence-electron chi connectivity index (χ4n) is 1.83. The average molecular weight is 283 g/mol. The molecule has 2 aromatic carbocycles. The van der Waals surface area contributed by atoms with Gasteiger partial charge in [0.25, 0.3) is 0 Å². The molecule has 2 aromatic rings. The van der Waals surface area contributed by atoms with Crippen LogP contribution in [0.3, 0.4) is 0 Å². The molecule has 0 heterocycles. The van der Waals surface area contributed by atoms with Crippen LogP contribution >= 0.6 is 11.8 Å². The Morgan fingerprint density at radius 1 is 0.950 bits per heavy atom. The molecule has 0 bridgehead atoms. The molecule has 102 valence electrons. The molecule has 0 aromatic heterocycles. The number of nitrogens with one attached hydrogen (secondary N) is 1. The molecule has 1 N–H and O–H groups in total. The molecule has 0 fully saturated rings. The lowest BCUT2D eigenvalue weighted by molar-refractivity contribution is -0.108. The lowest BCUT2D eigenvalue weighted by Gasteiger charge is -2.06. The van der Waals surface area contributed by atoms with E-state index in [1.807, 2.05) is 41.8 Å². The van der Waals surface area contributed by atoms with Gasteiger partial charge in [0, 0.05) is 17.9 Å². The Bertz CT molecular complexity index is 552. The summed E-state index contributed by atoms with van der Waals surface area (Å²) in [7, 11) is 0. The Morgan fingerprint density at radius 2 is 1.55 bits per heavy atom. The summed E-state index contributed by atoms with van der Waals surface area (Å²) in [6.45, 7) is 0. The minimum absolute atomic E-state index is 0.734. The van der Waals surface area contributed by atoms with Crippen molar-refractivity contribution in [2.24, 2.45) is 0 Å². The van der Waals surface area contributed by atoms with Crippen molar-refractivity contribution in [1.82, 2.24) is 5.32 Å². The summed E-state index contributed by atoms with van der Waals surface area (Å²) in [5.41, 5.74) is 3.39. The van der Waals surface area contributed by atoms with Gasteiger partial charge in [-0.05, 0) is 16.5 Å². The van der Waals surface area contributed by atoms with Gasteiger partial charge in [0.2, 0.25) is 6.41 Å². The minimum atomic E-state index is 0.734. The van der Waals surface area contributed by atoms with E-state index >= 15 is 0 Å². The molecule has 1 amide bonds. The molecular weight excluding hydrogens is 266 g/mol. The zero-order valence-corrected chi connectivity index (χ0v) is 12.0. The largest absolute Gasteiger partial charge is 0.332 e. The number of rotatable bonds is 7. The highest BCUT2D eigenvalue weighted by Gasteiger charge is 1.99. The minimum Gasteiger partial charge on any atom is -0.332 e. The van der Waals surface area contributed by atoms with E-state index < -0.39 is 0 Å². The molecule has 0 saturated carbocycles. The summed E-state index contributed by atoms with van der Waals surface area (Å²) in [6.07, 6.45) is 1.47. The molecule has 0 saturated heterocycles. The number of hydrogen-bond acceptors (Lipinski definition) is 2. The molecule has 0 aliphatic heterocycles. The molecule has 0 aliphatic carbocycles. The molecule has 3 heteroatoms. The highest BCUT2D eigenvalue weighted by molar-refractivity contribution is 8.01. The van der Waals surface area contributed by atoms with Gasteiger partial charge >= 0.3 is 0 Å². The maximum atomic E-state index is 10.7. The molecule has 20 heavy (non-hydrogen) atoms. The lowest BCUT2D eigenvalue weighted by Crippen LogP contribution is -2.12. The molecule has 0 spiro atoms. The van der Waals surface area contributed by atoms with E-state index in [1.165, 1.54) is 11.1 Å². The van der Waals surface area contributed by atoms with Crippen molar-refractivity contribution in [3.05, 3.63) is 82.9 Å².